The Hall–Kier alpha value is -0.940. The van der Waals surface area contributed by atoms with Gasteiger partial charge in [-0.05, 0) is 33.7 Å². The Morgan fingerprint density at radius 2 is 1.89 bits per heavy atom. The summed E-state index contributed by atoms with van der Waals surface area (Å²) in [5.74, 6) is 1.25. The van der Waals surface area contributed by atoms with Gasteiger partial charge in [0, 0.05) is 6.04 Å². The first kappa shape index (κ1) is 14.5. The van der Waals surface area contributed by atoms with Crippen molar-refractivity contribution in [2.24, 2.45) is 5.73 Å². The third-order valence-corrected chi connectivity index (χ3v) is 3.88. The molecule has 1 heterocycles. The predicted molar refractivity (Wildman–Crippen MR) is 74.5 cm³/mol. The number of rotatable bonds is 4. The molecule has 0 saturated heterocycles. The molecule has 0 aromatic carbocycles. The summed E-state index contributed by atoms with van der Waals surface area (Å²) in [6, 6.07) is 0.642. The second kappa shape index (κ2) is 6.01. The zero-order valence-corrected chi connectivity index (χ0v) is 12.4. The van der Waals surface area contributed by atoms with Crippen LogP contribution in [-0.4, -0.2) is 28.1 Å². The van der Waals surface area contributed by atoms with Crippen molar-refractivity contribution in [2.75, 3.05) is 7.05 Å². The van der Waals surface area contributed by atoms with Gasteiger partial charge in [-0.15, -0.1) is 0 Å². The molecule has 0 bridgehead atoms. The zero-order chi connectivity index (χ0) is 13.9. The lowest BCUT2D eigenvalue weighted by atomic mass is 10.1. The van der Waals surface area contributed by atoms with E-state index in [0.717, 1.165) is 0 Å². The summed E-state index contributed by atoms with van der Waals surface area (Å²) in [5.41, 5.74) is 5.43. The van der Waals surface area contributed by atoms with Gasteiger partial charge >= 0.3 is 0 Å². The fraction of sp³-hybridized carbons (Fsp3) is 0.857. The molecule has 108 valence electrons. The van der Waals surface area contributed by atoms with E-state index in [1.165, 1.54) is 38.5 Å². The Morgan fingerprint density at radius 1 is 1.26 bits per heavy atom. The maximum absolute atomic E-state index is 5.97. The standard InChI is InChI=1S/C14H26N4O/c1-14(2,15)13-16-12(19-17-13)10-18(3)11-8-6-4-5-7-9-11/h11H,4-10,15H2,1-3H3. The van der Waals surface area contributed by atoms with Gasteiger partial charge in [0.15, 0.2) is 5.82 Å². The van der Waals surface area contributed by atoms with E-state index in [4.69, 9.17) is 10.3 Å². The quantitative estimate of drug-likeness (QED) is 0.848. The van der Waals surface area contributed by atoms with Crippen molar-refractivity contribution in [3.05, 3.63) is 11.7 Å². The van der Waals surface area contributed by atoms with Crippen LogP contribution in [0.4, 0.5) is 0 Å². The molecule has 1 fully saturated rings. The predicted octanol–water partition coefficient (Wildman–Crippen LogP) is 2.42. The third-order valence-electron chi connectivity index (χ3n) is 3.88. The van der Waals surface area contributed by atoms with Crippen molar-refractivity contribution in [1.82, 2.24) is 15.0 Å². The average Bonchev–Trinajstić information content (AvgIpc) is 2.63. The van der Waals surface area contributed by atoms with Gasteiger partial charge in [0.1, 0.15) is 0 Å². The lowest BCUT2D eigenvalue weighted by Gasteiger charge is -2.25. The Morgan fingerprint density at radius 3 is 2.42 bits per heavy atom. The van der Waals surface area contributed by atoms with Crippen LogP contribution in [0, 0.1) is 0 Å². The van der Waals surface area contributed by atoms with Crippen LogP contribution in [0.15, 0.2) is 4.52 Å². The Balaban J connectivity index is 1.94. The molecule has 1 aromatic rings. The summed E-state index contributed by atoms with van der Waals surface area (Å²) in [5, 5.41) is 3.97. The van der Waals surface area contributed by atoms with Gasteiger partial charge in [0.2, 0.25) is 5.89 Å². The summed E-state index contributed by atoms with van der Waals surface area (Å²) >= 11 is 0. The first-order valence-corrected chi connectivity index (χ1v) is 7.29. The number of hydrogen-bond donors (Lipinski definition) is 1. The Bertz CT molecular complexity index is 388. The first-order valence-electron chi connectivity index (χ1n) is 7.29. The highest BCUT2D eigenvalue weighted by atomic mass is 16.5. The Labute approximate surface area is 115 Å². The lowest BCUT2D eigenvalue weighted by molar-refractivity contribution is 0.187. The van der Waals surface area contributed by atoms with Crippen molar-refractivity contribution < 1.29 is 4.52 Å². The van der Waals surface area contributed by atoms with Crippen LogP contribution in [0.3, 0.4) is 0 Å². The normalized spacial score (nSPS) is 18.8. The maximum atomic E-state index is 5.97. The van der Waals surface area contributed by atoms with E-state index in [1.807, 2.05) is 13.8 Å². The summed E-state index contributed by atoms with van der Waals surface area (Å²) in [4.78, 5) is 6.73. The molecule has 1 saturated carbocycles. The number of nitrogens with two attached hydrogens (primary N) is 1. The molecule has 2 rings (SSSR count). The Kier molecular flexibility index (Phi) is 4.58. The number of aromatic nitrogens is 2. The van der Waals surface area contributed by atoms with E-state index >= 15 is 0 Å². The van der Waals surface area contributed by atoms with Crippen molar-refractivity contribution in [3.8, 4) is 0 Å². The molecule has 0 unspecified atom stereocenters. The summed E-state index contributed by atoms with van der Waals surface area (Å²) in [6.07, 6.45) is 7.96. The van der Waals surface area contributed by atoms with Crippen LogP contribution in [0.25, 0.3) is 0 Å². The molecular formula is C14H26N4O. The van der Waals surface area contributed by atoms with Gasteiger partial charge in [-0.3, -0.25) is 4.90 Å². The molecule has 0 aliphatic heterocycles. The topological polar surface area (TPSA) is 68.2 Å². The minimum absolute atomic E-state index is 0.539. The lowest BCUT2D eigenvalue weighted by Crippen LogP contribution is -2.31. The van der Waals surface area contributed by atoms with E-state index in [2.05, 4.69) is 22.1 Å². The fourth-order valence-electron chi connectivity index (χ4n) is 2.62. The molecule has 5 heteroatoms. The highest BCUT2D eigenvalue weighted by molar-refractivity contribution is 4.99. The number of nitrogens with zero attached hydrogens (tertiary/aromatic N) is 3. The zero-order valence-electron chi connectivity index (χ0n) is 12.4. The molecule has 0 amide bonds. The van der Waals surface area contributed by atoms with Crippen molar-refractivity contribution in [2.45, 2.75) is 70.5 Å². The van der Waals surface area contributed by atoms with Crippen molar-refractivity contribution in [1.29, 1.82) is 0 Å². The molecule has 1 aliphatic carbocycles. The summed E-state index contributed by atoms with van der Waals surface area (Å²) in [7, 11) is 2.15. The summed E-state index contributed by atoms with van der Waals surface area (Å²) in [6.45, 7) is 4.49. The molecule has 2 N–H and O–H groups in total. The highest BCUT2D eigenvalue weighted by Gasteiger charge is 2.23. The van der Waals surface area contributed by atoms with Crippen LogP contribution in [0.5, 0.6) is 0 Å². The van der Waals surface area contributed by atoms with E-state index in [1.54, 1.807) is 0 Å². The van der Waals surface area contributed by atoms with Crippen molar-refractivity contribution >= 4 is 0 Å². The molecule has 1 aromatic heterocycles. The maximum Gasteiger partial charge on any atom is 0.240 e. The molecule has 19 heavy (non-hydrogen) atoms. The van der Waals surface area contributed by atoms with Gasteiger partial charge in [0.25, 0.3) is 0 Å². The van der Waals surface area contributed by atoms with Crippen LogP contribution in [-0.2, 0) is 12.1 Å². The van der Waals surface area contributed by atoms with Gasteiger partial charge in [-0.1, -0.05) is 30.8 Å². The monoisotopic (exact) mass is 266 g/mol. The second-order valence-corrected chi connectivity index (χ2v) is 6.29. The van der Waals surface area contributed by atoms with E-state index in [9.17, 15) is 0 Å². The minimum atomic E-state index is -0.539. The first-order chi connectivity index (χ1) is 8.97. The smallest absolute Gasteiger partial charge is 0.240 e. The van der Waals surface area contributed by atoms with E-state index < -0.39 is 5.54 Å². The molecule has 1 aliphatic rings. The van der Waals surface area contributed by atoms with Gasteiger partial charge in [0.05, 0.1) is 12.1 Å². The van der Waals surface area contributed by atoms with Gasteiger partial charge in [-0.25, -0.2) is 0 Å². The molecule has 5 nitrogen and oxygen atoms in total. The van der Waals surface area contributed by atoms with Crippen LogP contribution >= 0.6 is 0 Å². The van der Waals surface area contributed by atoms with Gasteiger partial charge < -0.3 is 10.3 Å². The van der Waals surface area contributed by atoms with E-state index in [0.29, 0.717) is 24.3 Å². The molecular weight excluding hydrogens is 240 g/mol. The number of hydrogen-bond acceptors (Lipinski definition) is 5. The van der Waals surface area contributed by atoms with Crippen molar-refractivity contribution in [3.63, 3.8) is 0 Å². The minimum Gasteiger partial charge on any atom is -0.338 e. The van der Waals surface area contributed by atoms with Crippen LogP contribution < -0.4 is 5.73 Å². The van der Waals surface area contributed by atoms with E-state index in [-0.39, 0.29) is 0 Å². The highest BCUT2D eigenvalue weighted by Crippen LogP contribution is 2.22. The molecule has 0 spiro atoms. The van der Waals surface area contributed by atoms with Crippen LogP contribution in [0.2, 0.25) is 0 Å². The SMILES string of the molecule is CN(Cc1nc(C(C)(C)N)no1)C1CCCCCC1. The fourth-order valence-corrected chi connectivity index (χ4v) is 2.62. The van der Waals surface area contributed by atoms with Gasteiger partial charge in [-0.2, -0.15) is 4.98 Å². The molecule has 0 atom stereocenters. The third kappa shape index (κ3) is 4.01. The summed E-state index contributed by atoms with van der Waals surface area (Å²) < 4.78 is 5.30. The largest absolute Gasteiger partial charge is 0.338 e. The van der Waals surface area contributed by atoms with Crippen LogP contribution in [0.1, 0.15) is 64.1 Å². The average molecular weight is 266 g/mol. The molecule has 0 radical (unpaired) electrons. The second-order valence-electron chi connectivity index (χ2n) is 6.29.